The Morgan fingerprint density at radius 2 is 2.05 bits per heavy atom. The molecule has 0 spiro atoms. The summed E-state index contributed by atoms with van der Waals surface area (Å²) in [5.74, 6) is -1.05. The Morgan fingerprint density at radius 1 is 1.25 bits per heavy atom. The molecular formula is C13H14F2N4O. The number of benzene rings is 1. The van der Waals surface area contributed by atoms with E-state index in [0.717, 1.165) is 18.6 Å². The summed E-state index contributed by atoms with van der Waals surface area (Å²) in [5, 5.41) is 3.02. The van der Waals surface area contributed by atoms with Crippen LogP contribution in [-0.2, 0) is 0 Å². The minimum absolute atomic E-state index is 0.00335. The summed E-state index contributed by atoms with van der Waals surface area (Å²) < 4.78 is 31.5. The van der Waals surface area contributed by atoms with Crippen molar-refractivity contribution in [2.45, 2.75) is 13.3 Å². The predicted molar refractivity (Wildman–Crippen MR) is 71.7 cm³/mol. The molecule has 0 unspecified atom stereocenters. The van der Waals surface area contributed by atoms with Crippen LogP contribution in [0.5, 0.6) is 11.6 Å². The first-order valence-electron chi connectivity index (χ1n) is 6.10. The van der Waals surface area contributed by atoms with Gasteiger partial charge >= 0.3 is 0 Å². The number of nitrogen functional groups attached to an aromatic ring is 1. The Labute approximate surface area is 114 Å². The van der Waals surface area contributed by atoms with Gasteiger partial charge in [-0.25, -0.2) is 8.78 Å². The van der Waals surface area contributed by atoms with E-state index in [1.54, 1.807) is 0 Å². The third-order valence-electron chi connectivity index (χ3n) is 2.38. The van der Waals surface area contributed by atoms with Crippen LogP contribution in [0.4, 0.5) is 20.5 Å². The van der Waals surface area contributed by atoms with Crippen molar-refractivity contribution in [2.75, 3.05) is 17.6 Å². The molecule has 2 aromatic rings. The topological polar surface area (TPSA) is 73.1 Å². The van der Waals surface area contributed by atoms with E-state index in [-0.39, 0.29) is 17.6 Å². The van der Waals surface area contributed by atoms with Crippen molar-refractivity contribution in [1.29, 1.82) is 0 Å². The molecule has 0 saturated heterocycles. The Hall–Kier alpha value is -2.44. The lowest BCUT2D eigenvalue weighted by atomic mass is 10.3. The summed E-state index contributed by atoms with van der Waals surface area (Å²) in [6, 6.07) is 4.51. The zero-order chi connectivity index (χ0) is 14.5. The molecule has 2 rings (SSSR count). The molecule has 0 fully saturated rings. The lowest BCUT2D eigenvalue weighted by molar-refractivity contribution is 0.424. The summed E-state index contributed by atoms with van der Waals surface area (Å²) in [7, 11) is 0. The molecule has 5 nitrogen and oxygen atoms in total. The summed E-state index contributed by atoms with van der Waals surface area (Å²) in [4.78, 5) is 7.82. The molecule has 20 heavy (non-hydrogen) atoms. The number of hydrogen-bond donors (Lipinski definition) is 2. The average Bonchev–Trinajstić information content (AvgIpc) is 2.39. The maximum atomic E-state index is 13.5. The minimum atomic E-state index is -0.815. The molecule has 7 heteroatoms. The molecule has 0 aliphatic rings. The quantitative estimate of drug-likeness (QED) is 0.881. The average molecular weight is 280 g/mol. The van der Waals surface area contributed by atoms with Crippen LogP contribution in [-0.4, -0.2) is 16.5 Å². The molecule has 0 bridgehead atoms. The van der Waals surface area contributed by atoms with Gasteiger partial charge < -0.3 is 15.8 Å². The highest BCUT2D eigenvalue weighted by Gasteiger charge is 2.09. The number of nitrogens with two attached hydrogens (primary N) is 1. The standard InChI is InChI=1S/C13H14F2N4O/c1-2-5-17-11-7-12(19-13(16)18-11)20-10-4-3-8(14)6-9(10)15/h3-4,6-7H,2,5H2,1H3,(H3,16,17,18,19). The van der Waals surface area contributed by atoms with E-state index in [1.165, 1.54) is 12.1 Å². The van der Waals surface area contributed by atoms with Crippen molar-refractivity contribution in [2.24, 2.45) is 0 Å². The number of nitrogens with one attached hydrogen (secondary N) is 1. The van der Waals surface area contributed by atoms with Crippen LogP contribution in [0.1, 0.15) is 13.3 Å². The van der Waals surface area contributed by atoms with Crippen molar-refractivity contribution in [3.63, 3.8) is 0 Å². The number of rotatable bonds is 5. The van der Waals surface area contributed by atoms with Crippen LogP contribution in [0.3, 0.4) is 0 Å². The van der Waals surface area contributed by atoms with Gasteiger partial charge in [0.15, 0.2) is 11.6 Å². The van der Waals surface area contributed by atoms with E-state index in [2.05, 4.69) is 15.3 Å². The van der Waals surface area contributed by atoms with Crippen molar-refractivity contribution < 1.29 is 13.5 Å². The molecule has 1 aromatic carbocycles. The predicted octanol–water partition coefficient (Wildman–Crippen LogP) is 2.95. The molecule has 0 radical (unpaired) electrons. The van der Waals surface area contributed by atoms with E-state index in [1.807, 2.05) is 6.92 Å². The lowest BCUT2D eigenvalue weighted by Crippen LogP contribution is -2.06. The number of hydrogen-bond acceptors (Lipinski definition) is 5. The normalized spacial score (nSPS) is 10.3. The molecule has 3 N–H and O–H groups in total. The van der Waals surface area contributed by atoms with Gasteiger partial charge in [0.05, 0.1) is 0 Å². The second kappa shape index (κ2) is 6.14. The number of anilines is 2. The van der Waals surface area contributed by atoms with Crippen molar-refractivity contribution in [3.05, 3.63) is 35.9 Å². The van der Waals surface area contributed by atoms with Gasteiger partial charge in [-0.15, -0.1) is 0 Å². The number of aromatic nitrogens is 2. The molecule has 0 atom stereocenters. The number of ether oxygens (including phenoxy) is 1. The van der Waals surface area contributed by atoms with E-state index in [0.29, 0.717) is 12.4 Å². The molecule has 0 saturated carbocycles. The molecule has 1 aromatic heterocycles. The summed E-state index contributed by atoms with van der Waals surface area (Å²) >= 11 is 0. The smallest absolute Gasteiger partial charge is 0.226 e. The largest absolute Gasteiger partial charge is 0.436 e. The highest BCUT2D eigenvalue weighted by Crippen LogP contribution is 2.25. The lowest BCUT2D eigenvalue weighted by Gasteiger charge is -2.09. The van der Waals surface area contributed by atoms with Gasteiger partial charge in [0, 0.05) is 18.7 Å². The maximum absolute atomic E-state index is 13.5. The SMILES string of the molecule is CCCNc1cc(Oc2ccc(F)cc2F)nc(N)n1. The molecule has 0 amide bonds. The Balaban J connectivity index is 2.21. The van der Waals surface area contributed by atoms with Crippen LogP contribution in [0.15, 0.2) is 24.3 Å². The van der Waals surface area contributed by atoms with Gasteiger partial charge in [-0.2, -0.15) is 9.97 Å². The van der Waals surface area contributed by atoms with E-state index in [9.17, 15) is 8.78 Å². The van der Waals surface area contributed by atoms with Crippen LogP contribution >= 0.6 is 0 Å². The molecule has 1 heterocycles. The first-order valence-corrected chi connectivity index (χ1v) is 6.10. The van der Waals surface area contributed by atoms with Gasteiger partial charge in [-0.3, -0.25) is 0 Å². The maximum Gasteiger partial charge on any atom is 0.226 e. The zero-order valence-corrected chi connectivity index (χ0v) is 10.9. The minimum Gasteiger partial charge on any atom is -0.436 e. The van der Waals surface area contributed by atoms with Crippen molar-refractivity contribution in [1.82, 2.24) is 9.97 Å². The summed E-state index contributed by atoms with van der Waals surface area (Å²) in [6.45, 7) is 2.71. The molecule has 106 valence electrons. The third-order valence-corrected chi connectivity index (χ3v) is 2.38. The van der Waals surface area contributed by atoms with E-state index < -0.39 is 11.6 Å². The number of halogens is 2. The number of nitrogens with zero attached hydrogens (tertiary/aromatic N) is 2. The van der Waals surface area contributed by atoms with E-state index >= 15 is 0 Å². The van der Waals surface area contributed by atoms with Crippen LogP contribution in [0, 0.1) is 11.6 Å². The molecule has 0 aliphatic carbocycles. The zero-order valence-electron chi connectivity index (χ0n) is 10.9. The highest BCUT2D eigenvalue weighted by molar-refractivity contribution is 5.44. The Kier molecular flexibility index (Phi) is 4.29. The Morgan fingerprint density at radius 3 is 2.75 bits per heavy atom. The van der Waals surface area contributed by atoms with Gasteiger partial charge in [-0.05, 0) is 18.6 Å². The first-order chi connectivity index (χ1) is 9.58. The highest BCUT2D eigenvalue weighted by atomic mass is 19.1. The van der Waals surface area contributed by atoms with Gasteiger partial charge in [0.25, 0.3) is 0 Å². The van der Waals surface area contributed by atoms with Gasteiger partial charge in [-0.1, -0.05) is 6.92 Å². The van der Waals surface area contributed by atoms with Crippen LogP contribution < -0.4 is 15.8 Å². The van der Waals surface area contributed by atoms with Crippen LogP contribution in [0.2, 0.25) is 0 Å². The van der Waals surface area contributed by atoms with Gasteiger partial charge in [0.1, 0.15) is 11.6 Å². The fraction of sp³-hybridized carbons (Fsp3) is 0.231. The second-order valence-corrected chi connectivity index (χ2v) is 4.05. The third kappa shape index (κ3) is 3.53. The fourth-order valence-corrected chi connectivity index (χ4v) is 1.51. The van der Waals surface area contributed by atoms with Gasteiger partial charge in [0.2, 0.25) is 11.8 Å². The van der Waals surface area contributed by atoms with Crippen LogP contribution in [0.25, 0.3) is 0 Å². The van der Waals surface area contributed by atoms with Crippen molar-refractivity contribution in [3.8, 4) is 11.6 Å². The first kappa shape index (κ1) is 14.0. The monoisotopic (exact) mass is 280 g/mol. The fourth-order valence-electron chi connectivity index (χ4n) is 1.51. The summed E-state index contributed by atoms with van der Waals surface area (Å²) in [6.07, 6.45) is 0.909. The van der Waals surface area contributed by atoms with Crippen molar-refractivity contribution >= 4 is 11.8 Å². The molecular weight excluding hydrogens is 266 g/mol. The summed E-state index contributed by atoms with van der Waals surface area (Å²) in [5.41, 5.74) is 5.55. The van der Waals surface area contributed by atoms with E-state index in [4.69, 9.17) is 10.5 Å². The Bertz CT molecular complexity index is 607. The molecule has 0 aliphatic heterocycles. The second-order valence-electron chi connectivity index (χ2n) is 4.05.